The first-order chi connectivity index (χ1) is 9.49. The predicted octanol–water partition coefficient (Wildman–Crippen LogP) is 3.06. The number of aromatic nitrogens is 1. The Labute approximate surface area is 116 Å². The van der Waals surface area contributed by atoms with Crippen LogP contribution in [0.4, 0.5) is 0 Å². The SMILES string of the molecule is Cc1cc(C(=O)O)cc(Oc2cc(C#N)ccc2C)n1. The van der Waals surface area contributed by atoms with Gasteiger partial charge in [0.05, 0.1) is 17.2 Å². The van der Waals surface area contributed by atoms with Crippen LogP contribution in [0.25, 0.3) is 0 Å². The van der Waals surface area contributed by atoms with Crippen LogP contribution in [0.3, 0.4) is 0 Å². The maximum Gasteiger partial charge on any atom is 0.335 e. The van der Waals surface area contributed by atoms with Gasteiger partial charge in [0.1, 0.15) is 5.75 Å². The molecule has 0 radical (unpaired) electrons. The molecular formula is C15H12N2O3. The van der Waals surface area contributed by atoms with Crippen LogP contribution >= 0.6 is 0 Å². The lowest BCUT2D eigenvalue weighted by atomic mass is 10.1. The molecule has 0 aliphatic carbocycles. The summed E-state index contributed by atoms with van der Waals surface area (Å²) in [5.74, 6) is -0.359. The molecule has 100 valence electrons. The molecule has 2 rings (SSSR count). The van der Waals surface area contributed by atoms with Crippen LogP contribution in [-0.2, 0) is 0 Å². The summed E-state index contributed by atoms with van der Waals surface area (Å²) in [7, 11) is 0. The number of ether oxygens (including phenoxy) is 1. The van der Waals surface area contributed by atoms with Gasteiger partial charge < -0.3 is 9.84 Å². The minimum absolute atomic E-state index is 0.113. The number of carboxylic acid groups (broad SMARTS) is 1. The molecule has 1 aromatic carbocycles. The number of pyridine rings is 1. The molecule has 0 bridgehead atoms. The van der Waals surface area contributed by atoms with E-state index in [-0.39, 0.29) is 11.4 Å². The predicted molar refractivity (Wildman–Crippen MR) is 71.9 cm³/mol. The highest BCUT2D eigenvalue weighted by atomic mass is 16.5. The van der Waals surface area contributed by atoms with Gasteiger partial charge in [-0.2, -0.15) is 5.26 Å². The quantitative estimate of drug-likeness (QED) is 0.924. The van der Waals surface area contributed by atoms with Crippen molar-refractivity contribution in [3.8, 4) is 17.7 Å². The average Bonchev–Trinajstić information content (AvgIpc) is 2.40. The topological polar surface area (TPSA) is 83.2 Å². The third-order valence-corrected chi connectivity index (χ3v) is 2.71. The summed E-state index contributed by atoms with van der Waals surface area (Å²) < 4.78 is 5.60. The highest BCUT2D eigenvalue weighted by Gasteiger charge is 2.10. The van der Waals surface area contributed by atoms with Gasteiger partial charge in [0.25, 0.3) is 0 Å². The summed E-state index contributed by atoms with van der Waals surface area (Å²) in [6.07, 6.45) is 0. The number of rotatable bonds is 3. The first kappa shape index (κ1) is 13.6. The maximum atomic E-state index is 11.0. The van der Waals surface area contributed by atoms with E-state index in [4.69, 9.17) is 15.1 Å². The van der Waals surface area contributed by atoms with E-state index >= 15 is 0 Å². The second kappa shape index (κ2) is 5.41. The minimum atomic E-state index is -1.04. The van der Waals surface area contributed by atoms with Crippen molar-refractivity contribution in [2.75, 3.05) is 0 Å². The van der Waals surface area contributed by atoms with Gasteiger partial charge in [-0.1, -0.05) is 6.07 Å². The fourth-order valence-electron chi connectivity index (χ4n) is 1.71. The molecule has 1 aromatic heterocycles. The fourth-order valence-corrected chi connectivity index (χ4v) is 1.71. The standard InChI is InChI=1S/C15H12N2O3/c1-9-3-4-11(8-16)6-13(9)20-14-7-12(15(18)19)5-10(2)17-14/h3-7H,1-2H3,(H,18,19). The molecular weight excluding hydrogens is 256 g/mol. The zero-order valence-corrected chi connectivity index (χ0v) is 11.0. The molecule has 1 N–H and O–H groups in total. The third kappa shape index (κ3) is 2.93. The Hall–Kier alpha value is -2.87. The number of nitrogens with zero attached hydrogens (tertiary/aromatic N) is 2. The van der Waals surface area contributed by atoms with Crippen LogP contribution in [0, 0.1) is 25.2 Å². The van der Waals surface area contributed by atoms with Crippen molar-refractivity contribution in [3.63, 3.8) is 0 Å². The molecule has 0 spiro atoms. The molecule has 5 nitrogen and oxygen atoms in total. The lowest BCUT2D eigenvalue weighted by Gasteiger charge is -2.09. The van der Waals surface area contributed by atoms with Crippen LogP contribution < -0.4 is 4.74 Å². The van der Waals surface area contributed by atoms with Gasteiger partial charge in [0.2, 0.25) is 5.88 Å². The maximum absolute atomic E-state index is 11.0. The minimum Gasteiger partial charge on any atom is -0.478 e. The zero-order chi connectivity index (χ0) is 14.7. The normalized spacial score (nSPS) is 9.85. The van der Waals surface area contributed by atoms with E-state index < -0.39 is 5.97 Å². The number of nitriles is 1. The summed E-state index contributed by atoms with van der Waals surface area (Å²) in [6, 6.07) is 9.90. The van der Waals surface area contributed by atoms with Crippen molar-refractivity contribution in [2.45, 2.75) is 13.8 Å². The van der Waals surface area contributed by atoms with Crippen molar-refractivity contribution in [3.05, 3.63) is 52.7 Å². The highest BCUT2D eigenvalue weighted by molar-refractivity contribution is 5.88. The number of hydrogen-bond donors (Lipinski definition) is 1. The van der Waals surface area contributed by atoms with Crippen LogP contribution in [0.5, 0.6) is 11.6 Å². The first-order valence-corrected chi connectivity index (χ1v) is 5.90. The van der Waals surface area contributed by atoms with Crippen LogP contribution in [0.2, 0.25) is 0 Å². The lowest BCUT2D eigenvalue weighted by molar-refractivity contribution is 0.0696. The third-order valence-electron chi connectivity index (χ3n) is 2.71. The van der Waals surface area contributed by atoms with Gasteiger partial charge in [0.15, 0.2) is 0 Å². The van der Waals surface area contributed by atoms with E-state index in [9.17, 15) is 4.79 Å². The molecule has 0 unspecified atom stereocenters. The largest absolute Gasteiger partial charge is 0.478 e. The summed E-state index contributed by atoms with van der Waals surface area (Å²) >= 11 is 0. The number of carboxylic acids is 1. The Balaban J connectivity index is 2.40. The molecule has 0 atom stereocenters. The van der Waals surface area contributed by atoms with Crippen molar-refractivity contribution in [1.82, 2.24) is 4.98 Å². The Morgan fingerprint density at radius 3 is 2.70 bits per heavy atom. The molecule has 2 aromatic rings. The number of benzene rings is 1. The van der Waals surface area contributed by atoms with Crippen LogP contribution in [0.15, 0.2) is 30.3 Å². The first-order valence-electron chi connectivity index (χ1n) is 5.90. The molecule has 0 saturated heterocycles. The van der Waals surface area contributed by atoms with E-state index in [0.29, 0.717) is 17.0 Å². The van der Waals surface area contributed by atoms with E-state index in [1.165, 1.54) is 12.1 Å². The van der Waals surface area contributed by atoms with Crippen LogP contribution in [0.1, 0.15) is 27.2 Å². The molecule has 0 fully saturated rings. The molecule has 0 amide bonds. The van der Waals surface area contributed by atoms with E-state index in [1.54, 1.807) is 25.1 Å². The van der Waals surface area contributed by atoms with E-state index in [0.717, 1.165) is 5.56 Å². The Bertz CT molecular complexity index is 718. The van der Waals surface area contributed by atoms with E-state index in [1.807, 2.05) is 13.0 Å². The van der Waals surface area contributed by atoms with Gasteiger partial charge in [-0.05, 0) is 37.6 Å². The second-order valence-corrected chi connectivity index (χ2v) is 4.33. The average molecular weight is 268 g/mol. The molecule has 0 saturated carbocycles. The van der Waals surface area contributed by atoms with Crippen LogP contribution in [-0.4, -0.2) is 16.1 Å². The summed E-state index contributed by atoms with van der Waals surface area (Å²) in [6.45, 7) is 3.53. The molecule has 1 heterocycles. The Kier molecular flexibility index (Phi) is 3.67. The molecule has 5 heteroatoms. The molecule has 0 aliphatic rings. The second-order valence-electron chi connectivity index (χ2n) is 4.33. The number of aryl methyl sites for hydroxylation is 2. The molecule has 20 heavy (non-hydrogen) atoms. The summed E-state index contributed by atoms with van der Waals surface area (Å²) in [5.41, 5.74) is 1.97. The zero-order valence-electron chi connectivity index (χ0n) is 11.0. The number of carbonyl (C=O) groups is 1. The summed E-state index contributed by atoms with van der Waals surface area (Å²) in [5, 5.41) is 17.9. The fraction of sp³-hybridized carbons (Fsp3) is 0.133. The number of hydrogen-bond acceptors (Lipinski definition) is 4. The van der Waals surface area contributed by atoms with Crippen molar-refractivity contribution in [1.29, 1.82) is 5.26 Å². The highest BCUT2D eigenvalue weighted by Crippen LogP contribution is 2.25. The van der Waals surface area contributed by atoms with E-state index in [2.05, 4.69) is 4.98 Å². The van der Waals surface area contributed by atoms with Crippen molar-refractivity contribution >= 4 is 5.97 Å². The van der Waals surface area contributed by atoms with Crippen molar-refractivity contribution < 1.29 is 14.6 Å². The van der Waals surface area contributed by atoms with Gasteiger partial charge in [0, 0.05) is 11.8 Å². The Morgan fingerprint density at radius 2 is 2.05 bits per heavy atom. The smallest absolute Gasteiger partial charge is 0.335 e. The lowest BCUT2D eigenvalue weighted by Crippen LogP contribution is -2.00. The number of aromatic carboxylic acids is 1. The van der Waals surface area contributed by atoms with Gasteiger partial charge in [-0.25, -0.2) is 9.78 Å². The van der Waals surface area contributed by atoms with Gasteiger partial charge in [-0.3, -0.25) is 0 Å². The van der Waals surface area contributed by atoms with Crippen molar-refractivity contribution in [2.24, 2.45) is 0 Å². The van der Waals surface area contributed by atoms with Gasteiger partial charge in [-0.15, -0.1) is 0 Å². The molecule has 0 aliphatic heterocycles. The Morgan fingerprint density at radius 1 is 1.30 bits per heavy atom. The monoisotopic (exact) mass is 268 g/mol. The summed E-state index contributed by atoms with van der Waals surface area (Å²) in [4.78, 5) is 15.1. The van der Waals surface area contributed by atoms with Gasteiger partial charge >= 0.3 is 5.97 Å².